The number of rotatable bonds is 83. The van der Waals surface area contributed by atoms with Crippen LogP contribution in [0.1, 0.15) is 447 Å². The van der Waals surface area contributed by atoms with Crippen LogP contribution in [0.5, 0.6) is 0 Å². The summed E-state index contributed by atoms with van der Waals surface area (Å²) >= 11 is 0. The lowest BCUT2D eigenvalue weighted by Gasteiger charge is -2.21. The number of phosphoric acid groups is 2. The molecule has 618 valence electrons. The summed E-state index contributed by atoms with van der Waals surface area (Å²) in [4.78, 5) is 73.1. The molecule has 0 heterocycles. The third-order valence-electron chi connectivity index (χ3n) is 19.9. The Hall–Kier alpha value is -1.94. The monoisotopic (exact) mass is 1520 g/mol. The Morgan fingerprint density at radius 3 is 0.654 bits per heavy atom. The van der Waals surface area contributed by atoms with Gasteiger partial charge in [-0.15, -0.1) is 0 Å². The van der Waals surface area contributed by atoms with Crippen LogP contribution in [0, 0.1) is 17.8 Å². The number of carbonyl (C=O) groups is 4. The van der Waals surface area contributed by atoms with Crippen LogP contribution in [-0.2, 0) is 65.4 Å². The van der Waals surface area contributed by atoms with Crippen LogP contribution in [0.2, 0.25) is 0 Å². The van der Waals surface area contributed by atoms with E-state index in [1.165, 1.54) is 257 Å². The Morgan fingerprint density at radius 1 is 0.260 bits per heavy atom. The van der Waals surface area contributed by atoms with Gasteiger partial charge in [0.05, 0.1) is 26.4 Å². The van der Waals surface area contributed by atoms with Crippen LogP contribution >= 0.6 is 15.6 Å². The summed E-state index contributed by atoms with van der Waals surface area (Å²) in [6.07, 6.45) is 65.3. The minimum Gasteiger partial charge on any atom is -0.462 e. The first-order chi connectivity index (χ1) is 50.2. The van der Waals surface area contributed by atoms with Gasteiger partial charge in [0.15, 0.2) is 12.2 Å². The first-order valence-corrected chi connectivity index (χ1v) is 46.8. The predicted molar refractivity (Wildman–Crippen MR) is 428 cm³/mol. The molecule has 0 bridgehead atoms. The standard InChI is InChI=1S/C85H166O17P2/c1-8-9-10-11-12-35-45-52-59-66-82(87)95-72-80(101-85(90)69-62-55-48-41-34-28-27-31-38-44-51-58-65-78(6)7)74-99-103(91,92)97-70-79(86)71-98-104(93,94)100-75-81(73-96-83(88)67-60-53-46-39-32-25-21-18-17-20-24-30-37-43-50-57-64-77(4)5)102-84(89)68-61-54-47-40-33-26-22-16-14-13-15-19-23-29-36-42-49-56-63-76(2)3/h76-81,86H,8-75H2,1-7H3,(H,91,92)(H,93,94)/t79-,80+,81+/m0/s1. The molecule has 0 aromatic heterocycles. The summed E-state index contributed by atoms with van der Waals surface area (Å²) in [6, 6.07) is 0. The molecular weight excluding hydrogens is 1350 g/mol. The van der Waals surface area contributed by atoms with Crippen molar-refractivity contribution in [1.82, 2.24) is 0 Å². The molecule has 104 heavy (non-hydrogen) atoms. The molecule has 0 saturated heterocycles. The summed E-state index contributed by atoms with van der Waals surface area (Å²) < 4.78 is 68.8. The van der Waals surface area contributed by atoms with Gasteiger partial charge >= 0.3 is 39.5 Å². The van der Waals surface area contributed by atoms with Crippen molar-refractivity contribution >= 4 is 39.5 Å². The number of esters is 4. The highest BCUT2D eigenvalue weighted by atomic mass is 31.2. The minimum absolute atomic E-state index is 0.107. The fourth-order valence-electron chi connectivity index (χ4n) is 13.2. The van der Waals surface area contributed by atoms with Crippen LogP contribution < -0.4 is 0 Å². The van der Waals surface area contributed by atoms with E-state index in [-0.39, 0.29) is 25.7 Å². The number of carbonyl (C=O) groups excluding carboxylic acids is 4. The normalized spacial score (nSPS) is 13.9. The highest BCUT2D eigenvalue weighted by molar-refractivity contribution is 7.47. The van der Waals surface area contributed by atoms with E-state index >= 15 is 0 Å². The molecule has 0 radical (unpaired) electrons. The zero-order chi connectivity index (χ0) is 76.5. The number of ether oxygens (including phenoxy) is 4. The second-order valence-corrected chi connectivity index (χ2v) is 34.9. The van der Waals surface area contributed by atoms with Crippen molar-refractivity contribution in [2.45, 2.75) is 465 Å². The second kappa shape index (κ2) is 75.1. The largest absolute Gasteiger partial charge is 0.472 e. The number of phosphoric ester groups is 2. The lowest BCUT2D eigenvalue weighted by Crippen LogP contribution is -2.30. The third kappa shape index (κ3) is 78.2. The van der Waals surface area contributed by atoms with Crippen molar-refractivity contribution in [1.29, 1.82) is 0 Å². The average molecular weight is 1520 g/mol. The molecule has 5 atom stereocenters. The summed E-state index contributed by atoms with van der Waals surface area (Å²) in [7, 11) is -9.92. The Balaban J connectivity index is 5.21. The highest BCUT2D eigenvalue weighted by Crippen LogP contribution is 2.45. The predicted octanol–water partition coefficient (Wildman–Crippen LogP) is 25.7. The molecule has 0 aliphatic rings. The van der Waals surface area contributed by atoms with E-state index < -0.39 is 97.5 Å². The Morgan fingerprint density at radius 2 is 0.442 bits per heavy atom. The summed E-state index contributed by atoms with van der Waals surface area (Å²) in [5.74, 6) is 0.303. The highest BCUT2D eigenvalue weighted by Gasteiger charge is 2.30. The fraction of sp³-hybridized carbons (Fsp3) is 0.953. The smallest absolute Gasteiger partial charge is 0.462 e. The van der Waals surface area contributed by atoms with Crippen molar-refractivity contribution in [3.05, 3.63) is 0 Å². The van der Waals surface area contributed by atoms with Gasteiger partial charge in [-0.3, -0.25) is 37.3 Å². The van der Waals surface area contributed by atoms with Crippen molar-refractivity contribution in [3.63, 3.8) is 0 Å². The van der Waals surface area contributed by atoms with Gasteiger partial charge in [-0.2, -0.15) is 0 Å². The van der Waals surface area contributed by atoms with Gasteiger partial charge in [0.25, 0.3) is 0 Å². The van der Waals surface area contributed by atoms with Crippen molar-refractivity contribution in [2.24, 2.45) is 17.8 Å². The van der Waals surface area contributed by atoms with Crippen molar-refractivity contribution < 1.29 is 80.2 Å². The molecular formula is C85H166O17P2. The molecule has 0 aromatic carbocycles. The second-order valence-electron chi connectivity index (χ2n) is 32.0. The molecule has 0 amide bonds. The number of aliphatic hydroxyl groups excluding tert-OH is 1. The van der Waals surface area contributed by atoms with E-state index in [1.54, 1.807) is 0 Å². The lowest BCUT2D eigenvalue weighted by molar-refractivity contribution is -0.161. The van der Waals surface area contributed by atoms with Crippen LogP contribution in [-0.4, -0.2) is 96.7 Å². The van der Waals surface area contributed by atoms with Gasteiger partial charge in [0, 0.05) is 25.7 Å². The average Bonchev–Trinajstić information content (AvgIpc) is 0.903. The van der Waals surface area contributed by atoms with Gasteiger partial charge in [0.2, 0.25) is 0 Å². The Labute approximate surface area is 638 Å². The van der Waals surface area contributed by atoms with Crippen LogP contribution in [0.3, 0.4) is 0 Å². The molecule has 19 heteroatoms. The molecule has 0 aromatic rings. The topological polar surface area (TPSA) is 237 Å². The van der Waals surface area contributed by atoms with Gasteiger partial charge < -0.3 is 33.8 Å². The SMILES string of the molecule is CCCCCCCCCCCC(=O)OC[C@H](COP(=O)(O)OC[C@H](O)COP(=O)(O)OC[C@@H](COC(=O)CCCCCCCCCCCCCCCCCCC(C)C)OC(=O)CCCCCCCCCCCCCCCCCCCCC(C)C)OC(=O)CCCCCCCCCCCCCCC(C)C. The van der Waals surface area contributed by atoms with Crippen LogP contribution in [0.4, 0.5) is 0 Å². The molecule has 17 nitrogen and oxygen atoms in total. The van der Waals surface area contributed by atoms with Gasteiger partial charge in [-0.25, -0.2) is 9.13 Å². The van der Waals surface area contributed by atoms with Gasteiger partial charge in [-0.1, -0.05) is 395 Å². The number of aliphatic hydroxyl groups is 1. The van der Waals surface area contributed by atoms with E-state index in [9.17, 15) is 43.2 Å². The van der Waals surface area contributed by atoms with E-state index in [0.717, 1.165) is 108 Å². The molecule has 0 aliphatic carbocycles. The summed E-state index contributed by atoms with van der Waals surface area (Å²) in [5, 5.41) is 10.7. The molecule has 0 aliphatic heterocycles. The Kier molecular flexibility index (Phi) is 73.7. The summed E-state index contributed by atoms with van der Waals surface area (Å²) in [6.45, 7) is 12.0. The fourth-order valence-corrected chi connectivity index (χ4v) is 14.8. The zero-order valence-electron chi connectivity index (χ0n) is 68.5. The molecule has 0 saturated carbocycles. The molecule has 3 N–H and O–H groups in total. The number of hydrogen-bond acceptors (Lipinski definition) is 15. The van der Waals surface area contributed by atoms with Crippen LogP contribution in [0.15, 0.2) is 0 Å². The first kappa shape index (κ1) is 102. The lowest BCUT2D eigenvalue weighted by atomic mass is 10.0. The van der Waals surface area contributed by atoms with Crippen molar-refractivity contribution in [3.8, 4) is 0 Å². The third-order valence-corrected chi connectivity index (χ3v) is 21.8. The zero-order valence-corrected chi connectivity index (χ0v) is 70.3. The minimum atomic E-state index is -4.97. The molecule has 0 spiro atoms. The maximum atomic E-state index is 13.1. The van der Waals surface area contributed by atoms with Gasteiger partial charge in [-0.05, 0) is 43.4 Å². The molecule has 0 fully saturated rings. The van der Waals surface area contributed by atoms with E-state index in [4.69, 9.17) is 37.0 Å². The van der Waals surface area contributed by atoms with E-state index in [2.05, 4.69) is 48.5 Å². The molecule has 2 unspecified atom stereocenters. The van der Waals surface area contributed by atoms with E-state index in [0.29, 0.717) is 25.7 Å². The maximum Gasteiger partial charge on any atom is 0.472 e. The number of hydrogen-bond donors (Lipinski definition) is 3. The summed E-state index contributed by atoms with van der Waals surface area (Å²) in [5.41, 5.74) is 0. The number of unbranched alkanes of at least 4 members (excludes halogenated alkanes) is 51. The van der Waals surface area contributed by atoms with Crippen LogP contribution in [0.25, 0.3) is 0 Å². The quantitative estimate of drug-likeness (QED) is 0.0222. The van der Waals surface area contributed by atoms with Gasteiger partial charge in [0.1, 0.15) is 19.3 Å². The van der Waals surface area contributed by atoms with Crippen molar-refractivity contribution in [2.75, 3.05) is 39.6 Å². The van der Waals surface area contributed by atoms with E-state index in [1.807, 2.05) is 0 Å². The maximum absolute atomic E-state index is 13.1. The molecule has 0 rings (SSSR count). The Bertz CT molecular complexity index is 2010. The first-order valence-electron chi connectivity index (χ1n) is 43.8.